The second-order valence-corrected chi connectivity index (χ2v) is 11.4. The maximum absolute atomic E-state index is 13.2. The summed E-state index contributed by atoms with van der Waals surface area (Å²) in [5.41, 5.74) is 3.10. The molecule has 1 fully saturated rings. The Hall–Kier alpha value is -2.75. The van der Waals surface area contributed by atoms with Gasteiger partial charge in [0.15, 0.2) is 0 Å². The SMILES string of the molecule is CCc1nc(CN2CCN(C(=O)c3cccc(S(=O)(=O)N(C)c4ccc(C)cc4)c3)CC2)cs1. The van der Waals surface area contributed by atoms with Crippen molar-refractivity contribution in [2.45, 2.75) is 31.7 Å². The Labute approximate surface area is 205 Å². The molecule has 0 spiro atoms. The summed E-state index contributed by atoms with van der Waals surface area (Å²) < 4.78 is 27.6. The van der Waals surface area contributed by atoms with Gasteiger partial charge in [0.05, 0.1) is 21.3 Å². The summed E-state index contributed by atoms with van der Waals surface area (Å²) >= 11 is 1.69. The highest BCUT2D eigenvalue weighted by atomic mass is 32.2. The smallest absolute Gasteiger partial charge is 0.264 e. The summed E-state index contributed by atoms with van der Waals surface area (Å²) in [5, 5.41) is 3.25. The molecular formula is C25H30N4O3S2. The van der Waals surface area contributed by atoms with Crippen LogP contribution >= 0.6 is 11.3 Å². The molecule has 1 aliphatic rings. The number of aromatic nitrogens is 1. The Morgan fingerprint density at radius 3 is 2.44 bits per heavy atom. The van der Waals surface area contributed by atoms with Gasteiger partial charge in [0.1, 0.15) is 0 Å². The van der Waals surface area contributed by atoms with E-state index in [1.54, 1.807) is 40.5 Å². The Morgan fingerprint density at radius 1 is 1.09 bits per heavy atom. The molecule has 0 atom stereocenters. The Morgan fingerprint density at radius 2 is 1.79 bits per heavy atom. The molecule has 9 heteroatoms. The predicted molar refractivity (Wildman–Crippen MR) is 136 cm³/mol. The van der Waals surface area contributed by atoms with E-state index in [4.69, 9.17) is 0 Å². The molecule has 1 amide bonds. The highest BCUT2D eigenvalue weighted by Crippen LogP contribution is 2.24. The number of carbonyl (C=O) groups is 1. The van der Waals surface area contributed by atoms with E-state index < -0.39 is 10.0 Å². The largest absolute Gasteiger partial charge is 0.336 e. The van der Waals surface area contributed by atoms with Crippen LogP contribution < -0.4 is 4.31 Å². The van der Waals surface area contributed by atoms with E-state index >= 15 is 0 Å². The van der Waals surface area contributed by atoms with Crippen molar-refractivity contribution < 1.29 is 13.2 Å². The molecule has 0 radical (unpaired) electrons. The molecule has 2 aromatic carbocycles. The van der Waals surface area contributed by atoms with Gasteiger partial charge in [-0.05, 0) is 43.7 Å². The molecule has 180 valence electrons. The molecule has 7 nitrogen and oxygen atoms in total. The van der Waals surface area contributed by atoms with Gasteiger partial charge >= 0.3 is 0 Å². The fourth-order valence-electron chi connectivity index (χ4n) is 3.95. The van der Waals surface area contributed by atoms with Gasteiger partial charge < -0.3 is 4.90 Å². The van der Waals surface area contributed by atoms with E-state index in [1.165, 1.54) is 23.5 Å². The molecular weight excluding hydrogens is 468 g/mol. The minimum Gasteiger partial charge on any atom is -0.336 e. The first-order valence-electron chi connectivity index (χ1n) is 11.4. The number of aryl methyl sites for hydroxylation is 2. The van der Waals surface area contributed by atoms with E-state index in [0.29, 0.717) is 24.3 Å². The molecule has 0 bridgehead atoms. The molecule has 1 aromatic heterocycles. The minimum absolute atomic E-state index is 0.107. The molecule has 3 aromatic rings. The molecule has 34 heavy (non-hydrogen) atoms. The zero-order valence-corrected chi connectivity index (χ0v) is 21.4. The predicted octanol–water partition coefficient (Wildman–Crippen LogP) is 3.80. The summed E-state index contributed by atoms with van der Waals surface area (Å²) in [6, 6.07) is 13.6. The first kappa shape index (κ1) is 24.4. The van der Waals surface area contributed by atoms with E-state index in [1.807, 2.05) is 19.1 Å². The second kappa shape index (κ2) is 10.2. The van der Waals surface area contributed by atoms with Gasteiger partial charge in [-0.25, -0.2) is 13.4 Å². The van der Waals surface area contributed by atoms with Crippen LogP contribution in [0.3, 0.4) is 0 Å². The van der Waals surface area contributed by atoms with Gasteiger partial charge in [-0.15, -0.1) is 11.3 Å². The maximum atomic E-state index is 13.2. The summed E-state index contributed by atoms with van der Waals surface area (Å²) in [6.45, 7) is 7.57. The molecule has 2 heterocycles. The highest BCUT2D eigenvalue weighted by molar-refractivity contribution is 7.92. The Kier molecular flexibility index (Phi) is 7.35. The van der Waals surface area contributed by atoms with Crippen molar-refractivity contribution in [2.75, 3.05) is 37.5 Å². The summed E-state index contributed by atoms with van der Waals surface area (Å²) in [4.78, 5) is 22.0. The lowest BCUT2D eigenvalue weighted by Crippen LogP contribution is -2.48. The number of anilines is 1. The van der Waals surface area contributed by atoms with Gasteiger partial charge in [-0.1, -0.05) is 30.7 Å². The lowest BCUT2D eigenvalue weighted by Gasteiger charge is -2.34. The number of sulfonamides is 1. The standard InChI is InChI=1S/C25H30N4O3S2/c1-4-24-26-21(18-33-24)17-28-12-14-29(15-13-28)25(30)20-6-5-7-23(16-20)34(31,32)27(3)22-10-8-19(2)9-11-22/h5-11,16,18H,4,12-15,17H2,1-3H3. The van der Waals surface area contributed by atoms with Crippen LogP contribution in [0.2, 0.25) is 0 Å². The monoisotopic (exact) mass is 498 g/mol. The number of rotatable bonds is 7. The molecule has 1 saturated heterocycles. The number of nitrogens with zero attached hydrogens (tertiary/aromatic N) is 4. The zero-order valence-electron chi connectivity index (χ0n) is 19.8. The molecule has 0 N–H and O–H groups in total. The maximum Gasteiger partial charge on any atom is 0.264 e. The molecule has 0 unspecified atom stereocenters. The molecule has 0 saturated carbocycles. The Balaban J connectivity index is 1.42. The Bertz CT molecular complexity index is 1250. The third-order valence-corrected chi connectivity index (χ3v) is 8.91. The average Bonchev–Trinajstić information content (AvgIpc) is 3.31. The van der Waals surface area contributed by atoms with Gasteiger partial charge in [0, 0.05) is 50.7 Å². The van der Waals surface area contributed by atoms with Crippen molar-refractivity contribution >= 4 is 33.0 Å². The molecule has 1 aliphatic heterocycles. The number of carbonyl (C=O) groups excluding carboxylic acids is 1. The lowest BCUT2D eigenvalue weighted by molar-refractivity contribution is 0.0627. The fourth-order valence-corrected chi connectivity index (χ4v) is 5.92. The van der Waals surface area contributed by atoms with Gasteiger partial charge in [0.2, 0.25) is 0 Å². The number of piperazine rings is 1. The van der Waals surface area contributed by atoms with Crippen LogP contribution in [0.15, 0.2) is 58.8 Å². The number of amides is 1. The van der Waals surface area contributed by atoms with Gasteiger partial charge in [-0.2, -0.15) is 0 Å². The number of hydrogen-bond acceptors (Lipinski definition) is 6. The first-order chi connectivity index (χ1) is 16.3. The van der Waals surface area contributed by atoms with Crippen molar-refractivity contribution in [1.82, 2.24) is 14.8 Å². The van der Waals surface area contributed by atoms with Crippen LogP contribution in [0.1, 0.15) is 33.5 Å². The first-order valence-corrected chi connectivity index (χ1v) is 13.7. The van der Waals surface area contributed by atoms with Crippen LogP contribution in [0, 0.1) is 6.92 Å². The third-order valence-electron chi connectivity index (χ3n) is 6.08. The van der Waals surface area contributed by atoms with Crippen molar-refractivity contribution in [1.29, 1.82) is 0 Å². The van der Waals surface area contributed by atoms with Gasteiger partial charge in [0.25, 0.3) is 15.9 Å². The fraction of sp³-hybridized carbons (Fsp3) is 0.360. The summed E-state index contributed by atoms with van der Waals surface area (Å²) in [5.74, 6) is -0.142. The van der Waals surface area contributed by atoms with Crippen molar-refractivity contribution in [3.8, 4) is 0 Å². The lowest BCUT2D eigenvalue weighted by atomic mass is 10.2. The minimum atomic E-state index is -3.79. The van der Waals surface area contributed by atoms with E-state index in [2.05, 4.69) is 22.2 Å². The molecule has 4 rings (SSSR count). The van der Waals surface area contributed by atoms with Gasteiger partial charge in [-0.3, -0.25) is 14.0 Å². The molecule has 0 aliphatic carbocycles. The average molecular weight is 499 g/mol. The van der Waals surface area contributed by atoms with Crippen molar-refractivity contribution in [3.63, 3.8) is 0 Å². The van der Waals surface area contributed by atoms with E-state index in [0.717, 1.165) is 42.3 Å². The number of thiazole rings is 1. The second-order valence-electron chi connectivity index (χ2n) is 8.49. The quantitative estimate of drug-likeness (QED) is 0.496. The van der Waals surface area contributed by atoms with E-state index in [9.17, 15) is 13.2 Å². The van der Waals surface area contributed by atoms with Crippen LogP contribution in [-0.4, -0.2) is 62.3 Å². The van der Waals surface area contributed by atoms with E-state index in [-0.39, 0.29) is 10.8 Å². The topological polar surface area (TPSA) is 73.8 Å². The summed E-state index contributed by atoms with van der Waals surface area (Å²) in [6.07, 6.45) is 0.947. The normalized spacial score (nSPS) is 14.9. The highest BCUT2D eigenvalue weighted by Gasteiger charge is 2.26. The van der Waals surface area contributed by atoms with Crippen LogP contribution in [0.4, 0.5) is 5.69 Å². The number of hydrogen-bond donors (Lipinski definition) is 0. The number of benzene rings is 2. The summed E-state index contributed by atoms with van der Waals surface area (Å²) in [7, 11) is -2.26. The van der Waals surface area contributed by atoms with Crippen molar-refractivity contribution in [2.24, 2.45) is 0 Å². The van der Waals surface area contributed by atoms with Crippen LogP contribution in [0.5, 0.6) is 0 Å². The van der Waals surface area contributed by atoms with Crippen LogP contribution in [-0.2, 0) is 23.0 Å². The third kappa shape index (κ3) is 5.32. The van der Waals surface area contributed by atoms with Crippen LogP contribution in [0.25, 0.3) is 0 Å². The zero-order chi connectivity index (χ0) is 24.3. The van der Waals surface area contributed by atoms with Crippen molar-refractivity contribution in [3.05, 3.63) is 75.7 Å².